The third-order valence-corrected chi connectivity index (χ3v) is 4.71. The van der Waals surface area contributed by atoms with Crippen LogP contribution >= 0.6 is 23.2 Å². The minimum absolute atomic E-state index is 0.0834. The molecular weight excluding hydrogens is 459 g/mol. The summed E-state index contributed by atoms with van der Waals surface area (Å²) in [6.07, 6.45) is 4.71. The molecule has 0 fully saturated rings. The van der Waals surface area contributed by atoms with Gasteiger partial charge in [-0.15, -0.1) is 0 Å². The molecule has 2 N–H and O–H groups in total. The van der Waals surface area contributed by atoms with E-state index in [1.54, 1.807) is 6.07 Å². The van der Waals surface area contributed by atoms with E-state index in [4.69, 9.17) is 23.2 Å². The highest BCUT2D eigenvalue weighted by Crippen LogP contribution is 2.21. The largest absolute Gasteiger partial charge is 0.307 e. The van der Waals surface area contributed by atoms with Crippen LogP contribution in [0, 0.1) is 11.6 Å². The van der Waals surface area contributed by atoms with Gasteiger partial charge in [0.25, 0.3) is 0 Å². The number of nitrogens with zero attached hydrogens (tertiary/aromatic N) is 1. The molecule has 32 heavy (non-hydrogen) atoms. The van der Waals surface area contributed by atoms with E-state index in [0.29, 0.717) is 0 Å². The number of anilines is 2. The van der Waals surface area contributed by atoms with Gasteiger partial charge in [-0.2, -0.15) is 0 Å². The van der Waals surface area contributed by atoms with Crippen molar-refractivity contribution < 1.29 is 18.4 Å². The quantitative estimate of drug-likeness (QED) is 0.433. The van der Waals surface area contributed by atoms with Gasteiger partial charge in [0.05, 0.1) is 10.0 Å². The number of nitrogens with one attached hydrogen (secondary N) is 2. The lowest BCUT2D eigenvalue weighted by atomic mass is 10.2. The molecule has 9 heteroatoms. The molecule has 0 saturated carbocycles. The Balaban J connectivity index is 1.64. The number of carbonyl (C=O) groups excluding carboxylic acids is 2. The van der Waals surface area contributed by atoms with Crippen LogP contribution in [0.25, 0.3) is 12.2 Å². The van der Waals surface area contributed by atoms with Crippen LogP contribution < -0.4 is 10.6 Å². The Morgan fingerprint density at radius 2 is 1.12 bits per heavy atom. The first-order valence-corrected chi connectivity index (χ1v) is 9.92. The number of hydrogen-bond donors (Lipinski definition) is 2. The number of carbonyl (C=O) groups is 2. The van der Waals surface area contributed by atoms with Crippen LogP contribution in [-0.2, 0) is 9.59 Å². The van der Waals surface area contributed by atoms with Gasteiger partial charge >= 0.3 is 0 Å². The predicted octanol–water partition coefficient (Wildman–Crippen LogP) is 5.97. The van der Waals surface area contributed by atoms with Crippen LogP contribution in [0.4, 0.5) is 20.4 Å². The lowest BCUT2D eigenvalue weighted by Crippen LogP contribution is -2.12. The molecule has 1 heterocycles. The number of benzene rings is 2. The SMILES string of the molecule is O=C(C=Cc1c(F)cccc1Cl)Nc1cccc(NC(=O)C=Cc2c(F)cccc2Cl)n1. The zero-order valence-corrected chi connectivity index (χ0v) is 17.8. The van der Waals surface area contributed by atoms with Crippen LogP contribution in [0.5, 0.6) is 0 Å². The minimum Gasteiger partial charge on any atom is -0.307 e. The Bertz CT molecular complexity index is 1100. The zero-order chi connectivity index (χ0) is 23.1. The average Bonchev–Trinajstić information content (AvgIpc) is 2.73. The fourth-order valence-corrected chi connectivity index (χ4v) is 3.02. The Morgan fingerprint density at radius 1 is 0.719 bits per heavy atom. The molecule has 0 saturated heterocycles. The van der Waals surface area contributed by atoms with Gasteiger partial charge in [0.2, 0.25) is 11.8 Å². The van der Waals surface area contributed by atoms with Crippen molar-refractivity contribution in [3.8, 4) is 0 Å². The van der Waals surface area contributed by atoms with E-state index in [2.05, 4.69) is 15.6 Å². The van der Waals surface area contributed by atoms with Gasteiger partial charge < -0.3 is 10.6 Å². The van der Waals surface area contributed by atoms with Crippen LogP contribution in [-0.4, -0.2) is 16.8 Å². The molecule has 0 bridgehead atoms. The molecule has 0 spiro atoms. The van der Waals surface area contributed by atoms with Crippen molar-refractivity contribution in [2.24, 2.45) is 0 Å². The second kappa shape index (κ2) is 10.7. The van der Waals surface area contributed by atoms with Crippen molar-refractivity contribution in [2.45, 2.75) is 0 Å². The van der Waals surface area contributed by atoms with Crippen LogP contribution in [0.2, 0.25) is 10.0 Å². The summed E-state index contributed by atoms with van der Waals surface area (Å²) in [6.45, 7) is 0. The van der Waals surface area contributed by atoms with Crippen molar-refractivity contribution in [2.75, 3.05) is 10.6 Å². The molecule has 5 nitrogen and oxygen atoms in total. The lowest BCUT2D eigenvalue weighted by Gasteiger charge is -2.06. The van der Waals surface area contributed by atoms with E-state index >= 15 is 0 Å². The monoisotopic (exact) mass is 473 g/mol. The number of aromatic nitrogens is 1. The Labute approximate surface area is 192 Å². The number of amides is 2. The molecule has 1 aromatic heterocycles. The Hall–Kier alpha value is -3.55. The smallest absolute Gasteiger partial charge is 0.249 e. The minimum atomic E-state index is -0.575. The third kappa shape index (κ3) is 6.23. The van der Waals surface area contributed by atoms with Crippen molar-refractivity contribution in [1.29, 1.82) is 0 Å². The topological polar surface area (TPSA) is 71.1 Å². The molecule has 0 aliphatic heterocycles. The molecule has 2 aromatic carbocycles. The molecule has 0 aliphatic carbocycles. The fraction of sp³-hybridized carbons (Fsp3) is 0. The Morgan fingerprint density at radius 3 is 1.53 bits per heavy atom. The molecule has 0 radical (unpaired) electrons. The number of rotatable bonds is 6. The first-order chi connectivity index (χ1) is 15.3. The summed E-state index contributed by atoms with van der Waals surface area (Å²) in [5, 5.41) is 5.33. The van der Waals surface area contributed by atoms with E-state index in [1.807, 2.05) is 0 Å². The standard InChI is InChI=1S/C23H15Cl2F2N3O2/c24-16-4-1-6-18(26)14(16)10-12-22(31)29-20-8-3-9-21(28-20)30-23(32)13-11-15-17(25)5-2-7-19(15)27/h1-13H,(H2,28,29,30,31,32). The van der Waals surface area contributed by atoms with Crippen molar-refractivity contribution in [1.82, 2.24) is 4.98 Å². The molecule has 0 aliphatic rings. The van der Waals surface area contributed by atoms with Gasteiger partial charge in [-0.05, 0) is 48.6 Å². The van der Waals surface area contributed by atoms with Gasteiger partial charge in [-0.25, -0.2) is 13.8 Å². The van der Waals surface area contributed by atoms with E-state index in [0.717, 1.165) is 12.2 Å². The summed E-state index contributed by atoms with van der Waals surface area (Å²) < 4.78 is 27.5. The van der Waals surface area contributed by atoms with Gasteiger partial charge in [-0.3, -0.25) is 9.59 Å². The van der Waals surface area contributed by atoms with Gasteiger partial charge in [0, 0.05) is 23.3 Å². The Kier molecular flexibility index (Phi) is 7.70. The normalized spacial score (nSPS) is 11.1. The molecule has 162 valence electrons. The molecule has 0 atom stereocenters. The molecule has 3 rings (SSSR count). The van der Waals surface area contributed by atoms with Crippen LogP contribution in [0.3, 0.4) is 0 Å². The molecule has 2 amide bonds. The highest BCUT2D eigenvalue weighted by Gasteiger charge is 2.07. The highest BCUT2D eigenvalue weighted by molar-refractivity contribution is 6.32. The summed E-state index contributed by atoms with van der Waals surface area (Å²) in [5.41, 5.74) is 0.167. The lowest BCUT2D eigenvalue weighted by molar-refractivity contribution is -0.112. The second-order valence-electron chi connectivity index (χ2n) is 6.32. The first kappa shape index (κ1) is 23.1. The van der Waals surface area contributed by atoms with Crippen molar-refractivity contribution >= 4 is 58.8 Å². The first-order valence-electron chi connectivity index (χ1n) is 9.16. The maximum atomic E-state index is 13.8. The summed E-state index contributed by atoms with van der Waals surface area (Å²) in [4.78, 5) is 28.3. The van der Waals surface area contributed by atoms with E-state index in [1.165, 1.54) is 60.7 Å². The summed E-state index contributed by atoms with van der Waals surface area (Å²) in [7, 11) is 0. The van der Waals surface area contributed by atoms with Gasteiger partial charge in [0.15, 0.2) is 0 Å². The maximum absolute atomic E-state index is 13.8. The highest BCUT2D eigenvalue weighted by atomic mass is 35.5. The van der Waals surface area contributed by atoms with E-state index in [-0.39, 0.29) is 32.8 Å². The van der Waals surface area contributed by atoms with E-state index < -0.39 is 23.4 Å². The van der Waals surface area contributed by atoms with Crippen LogP contribution in [0.1, 0.15) is 11.1 Å². The molecule has 0 unspecified atom stereocenters. The third-order valence-electron chi connectivity index (χ3n) is 4.05. The summed E-state index contributed by atoms with van der Waals surface area (Å²) in [6, 6.07) is 13.0. The van der Waals surface area contributed by atoms with Crippen molar-refractivity contribution in [3.63, 3.8) is 0 Å². The maximum Gasteiger partial charge on any atom is 0.249 e. The molecule has 3 aromatic rings. The average molecular weight is 474 g/mol. The number of hydrogen-bond acceptors (Lipinski definition) is 3. The summed E-state index contributed by atoms with van der Waals surface area (Å²) in [5.74, 6) is -1.97. The van der Waals surface area contributed by atoms with Gasteiger partial charge in [0.1, 0.15) is 23.3 Å². The number of pyridine rings is 1. The molecular formula is C23H15Cl2F2N3O2. The van der Waals surface area contributed by atoms with E-state index in [9.17, 15) is 18.4 Å². The number of halogens is 4. The second-order valence-corrected chi connectivity index (χ2v) is 7.14. The van der Waals surface area contributed by atoms with Crippen molar-refractivity contribution in [3.05, 3.63) is 99.6 Å². The predicted molar refractivity (Wildman–Crippen MR) is 122 cm³/mol. The summed E-state index contributed by atoms with van der Waals surface area (Å²) >= 11 is 11.8. The van der Waals surface area contributed by atoms with Gasteiger partial charge in [-0.1, -0.05) is 41.4 Å². The zero-order valence-electron chi connectivity index (χ0n) is 16.3. The van der Waals surface area contributed by atoms with Crippen LogP contribution in [0.15, 0.2) is 66.7 Å². The fourth-order valence-electron chi connectivity index (χ4n) is 2.57.